The average Bonchev–Trinajstić information content (AvgIpc) is 3.11. The largest absolute Gasteiger partial charge is 0.454 e. The fourth-order valence-electron chi connectivity index (χ4n) is 11.9. The Kier molecular flexibility index (Phi) is 62.0. The Hall–Kier alpha value is -2.64. The lowest BCUT2D eigenvalue weighted by Gasteiger charge is -2.41. The highest BCUT2D eigenvalue weighted by Crippen LogP contribution is 2.26. The SMILES string of the molecule is CCCCC/C=C\C/C=C\C/C=C\CCCCCCCCCCCC(O)C(=O)NC(COC1OC(CO)C(O)C(O)C1OC(=O)CCCCCCCCCCCCCCCCC/C=C/CCCCCCCC)C(O)/C=C/CCCCCCCCCCCCC. The molecular weight excluding hydrogens is 1110 g/mol. The zero-order valence-corrected chi connectivity index (χ0v) is 58.1. The van der Waals surface area contributed by atoms with Gasteiger partial charge in [0.15, 0.2) is 12.4 Å². The number of nitrogens with one attached hydrogen (secondary N) is 1. The van der Waals surface area contributed by atoms with E-state index in [9.17, 15) is 35.1 Å². The molecule has 11 nitrogen and oxygen atoms in total. The van der Waals surface area contributed by atoms with Crippen molar-refractivity contribution >= 4 is 11.9 Å². The van der Waals surface area contributed by atoms with E-state index in [2.05, 4.69) is 74.7 Å². The fraction of sp³-hybridized carbons (Fsp3) is 0.846. The molecule has 11 heteroatoms. The second-order valence-corrected chi connectivity index (χ2v) is 26.4. The summed E-state index contributed by atoms with van der Waals surface area (Å²) in [7, 11) is 0. The van der Waals surface area contributed by atoms with E-state index >= 15 is 0 Å². The van der Waals surface area contributed by atoms with E-state index < -0.39 is 67.4 Å². The molecule has 8 atom stereocenters. The maximum Gasteiger partial charge on any atom is 0.306 e. The Labute approximate surface area is 548 Å². The predicted molar refractivity (Wildman–Crippen MR) is 375 cm³/mol. The Morgan fingerprint density at radius 3 is 1.19 bits per heavy atom. The molecule has 1 saturated heterocycles. The molecule has 1 amide bonds. The van der Waals surface area contributed by atoms with Crippen molar-refractivity contribution < 1.29 is 49.3 Å². The number of hydrogen-bond donors (Lipinski definition) is 6. The molecule has 0 aliphatic carbocycles. The number of esters is 1. The molecule has 0 bridgehead atoms. The summed E-state index contributed by atoms with van der Waals surface area (Å²) in [5.41, 5.74) is 0. The lowest BCUT2D eigenvalue weighted by molar-refractivity contribution is -0.305. The summed E-state index contributed by atoms with van der Waals surface area (Å²) in [5, 5.41) is 57.4. The topological polar surface area (TPSA) is 175 Å². The summed E-state index contributed by atoms with van der Waals surface area (Å²) < 4.78 is 17.7. The Bertz CT molecular complexity index is 1680. The van der Waals surface area contributed by atoms with Crippen molar-refractivity contribution in [3.8, 4) is 0 Å². The van der Waals surface area contributed by atoms with Gasteiger partial charge < -0.3 is 45.1 Å². The van der Waals surface area contributed by atoms with Gasteiger partial charge in [0.1, 0.15) is 24.4 Å². The third-order valence-electron chi connectivity index (χ3n) is 17.9. The number of rotatable bonds is 66. The first-order chi connectivity index (χ1) is 43.7. The Morgan fingerprint density at radius 2 is 0.775 bits per heavy atom. The van der Waals surface area contributed by atoms with Crippen LogP contribution in [0, 0.1) is 0 Å². The minimum atomic E-state index is -1.62. The van der Waals surface area contributed by atoms with Crippen molar-refractivity contribution in [2.24, 2.45) is 0 Å². The van der Waals surface area contributed by atoms with Crippen LogP contribution >= 0.6 is 0 Å². The van der Waals surface area contributed by atoms with Crippen molar-refractivity contribution in [1.82, 2.24) is 5.32 Å². The van der Waals surface area contributed by atoms with Gasteiger partial charge in [0, 0.05) is 6.42 Å². The number of unbranched alkanes of at least 4 members (excludes halogenated alkanes) is 44. The highest BCUT2D eigenvalue weighted by molar-refractivity contribution is 5.80. The smallest absolute Gasteiger partial charge is 0.306 e. The third-order valence-corrected chi connectivity index (χ3v) is 17.9. The van der Waals surface area contributed by atoms with Crippen LogP contribution < -0.4 is 5.32 Å². The van der Waals surface area contributed by atoms with Gasteiger partial charge in [-0.3, -0.25) is 9.59 Å². The molecule has 0 aromatic carbocycles. The molecular formula is C78H143NO10. The molecule has 0 aromatic heterocycles. The first-order valence-corrected chi connectivity index (χ1v) is 38.1. The van der Waals surface area contributed by atoms with Gasteiger partial charge in [-0.25, -0.2) is 0 Å². The monoisotopic (exact) mass is 1250 g/mol. The van der Waals surface area contributed by atoms with E-state index in [1.54, 1.807) is 6.08 Å². The van der Waals surface area contributed by atoms with E-state index in [4.69, 9.17) is 14.2 Å². The van der Waals surface area contributed by atoms with Gasteiger partial charge in [-0.1, -0.05) is 326 Å². The first kappa shape index (κ1) is 84.4. The molecule has 89 heavy (non-hydrogen) atoms. The fourth-order valence-corrected chi connectivity index (χ4v) is 11.9. The van der Waals surface area contributed by atoms with E-state index in [0.29, 0.717) is 12.8 Å². The maximum absolute atomic E-state index is 13.5. The minimum absolute atomic E-state index is 0.125. The number of carbonyl (C=O) groups is 2. The van der Waals surface area contributed by atoms with Gasteiger partial charge in [-0.2, -0.15) is 0 Å². The highest BCUT2D eigenvalue weighted by atomic mass is 16.7. The van der Waals surface area contributed by atoms with Crippen molar-refractivity contribution in [2.75, 3.05) is 13.2 Å². The second kappa shape index (κ2) is 65.4. The lowest BCUT2D eigenvalue weighted by atomic mass is 9.99. The zero-order chi connectivity index (χ0) is 64.6. The number of hydrogen-bond acceptors (Lipinski definition) is 10. The van der Waals surface area contributed by atoms with Crippen LogP contribution in [0.4, 0.5) is 0 Å². The average molecular weight is 1250 g/mol. The van der Waals surface area contributed by atoms with Crippen LogP contribution in [0.1, 0.15) is 361 Å². The first-order valence-electron chi connectivity index (χ1n) is 38.1. The molecule has 8 unspecified atom stereocenters. The Balaban J connectivity index is 2.55. The summed E-state index contributed by atoms with van der Waals surface area (Å²) in [4.78, 5) is 26.7. The van der Waals surface area contributed by atoms with E-state index in [0.717, 1.165) is 77.0 Å². The summed E-state index contributed by atoms with van der Waals surface area (Å²) in [6.45, 7) is 5.81. The maximum atomic E-state index is 13.5. The number of ether oxygens (including phenoxy) is 3. The number of allylic oxidation sites excluding steroid dienone is 9. The summed E-state index contributed by atoms with van der Waals surface area (Å²) in [6, 6.07) is -1.03. The number of aliphatic hydroxyl groups is 5. The molecule has 1 heterocycles. The number of carbonyl (C=O) groups excluding carboxylic acids is 2. The molecule has 1 aliphatic rings. The van der Waals surface area contributed by atoms with Gasteiger partial charge in [0.05, 0.1) is 25.4 Å². The number of aliphatic hydroxyl groups excluding tert-OH is 5. The minimum Gasteiger partial charge on any atom is -0.454 e. The van der Waals surface area contributed by atoms with Crippen LogP contribution in [0.15, 0.2) is 60.8 Å². The normalized spacial score (nSPS) is 18.4. The molecule has 0 aromatic rings. The van der Waals surface area contributed by atoms with E-state index in [1.165, 1.54) is 238 Å². The van der Waals surface area contributed by atoms with E-state index in [1.807, 2.05) is 6.08 Å². The van der Waals surface area contributed by atoms with Crippen molar-refractivity contribution in [3.63, 3.8) is 0 Å². The van der Waals surface area contributed by atoms with Crippen LogP contribution in [0.3, 0.4) is 0 Å². The molecule has 1 aliphatic heterocycles. The van der Waals surface area contributed by atoms with Gasteiger partial charge in [0.25, 0.3) is 0 Å². The van der Waals surface area contributed by atoms with Crippen LogP contribution in [0.5, 0.6) is 0 Å². The number of amides is 1. The van der Waals surface area contributed by atoms with Crippen molar-refractivity contribution in [2.45, 2.75) is 410 Å². The molecule has 1 rings (SSSR count). The summed E-state index contributed by atoms with van der Waals surface area (Å²) in [6.07, 6.45) is 74.0. The quantitative estimate of drug-likeness (QED) is 0.0195. The van der Waals surface area contributed by atoms with Gasteiger partial charge >= 0.3 is 5.97 Å². The predicted octanol–water partition coefficient (Wildman–Crippen LogP) is 20.1. The third kappa shape index (κ3) is 52.4. The van der Waals surface area contributed by atoms with Crippen molar-refractivity contribution in [1.29, 1.82) is 0 Å². The van der Waals surface area contributed by atoms with Crippen molar-refractivity contribution in [3.05, 3.63) is 60.8 Å². The molecule has 0 spiro atoms. The summed E-state index contributed by atoms with van der Waals surface area (Å²) >= 11 is 0. The Morgan fingerprint density at radius 1 is 0.438 bits per heavy atom. The van der Waals surface area contributed by atoms with Crippen LogP contribution in [0.2, 0.25) is 0 Å². The van der Waals surface area contributed by atoms with Crippen LogP contribution in [0.25, 0.3) is 0 Å². The van der Waals surface area contributed by atoms with Crippen LogP contribution in [-0.2, 0) is 23.8 Å². The zero-order valence-electron chi connectivity index (χ0n) is 58.1. The molecule has 520 valence electrons. The standard InChI is InChI=1S/C78H143NO10/c1-4-7-10-13-16-19-22-25-27-29-31-33-35-36-37-39-41-43-45-48-51-54-57-60-63-66-73(83)89-76-75(85)74(84)72(67-80)88-78(76)87-68-69(70(81)64-61-58-55-52-49-46-24-21-18-15-12-9-6-3)79-77(86)71(82)65-62-59-56-53-50-47-44-42-40-38-34-32-30-28-26-23-20-17-14-11-8-5-2/h17,20,25-28,32,34,61,64,69-72,74-76,78,80-82,84-85H,4-16,18-19,21-24,29-31,33,35-60,62-63,65-68H2,1-3H3,(H,79,86)/b20-17-,27-25+,28-26-,34-32-,64-61+. The highest BCUT2D eigenvalue weighted by Gasteiger charge is 2.47. The molecule has 0 radical (unpaired) electrons. The van der Waals surface area contributed by atoms with Crippen LogP contribution in [-0.4, -0.2) is 99.6 Å². The molecule has 0 saturated carbocycles. The van der Waals surface area contributed by atoms with Gasteiger partial charge in [-0.05, 0) is 89.9 Å². The van der Waals surface area contributed by atoms with E-state index in [-0.39, 0.29) is 19.4 Å². The van der Waals surface area contributed by atoms with Gasteiger partial charge in [-0.15, -0.1) is 0 Å². The lowest BCUT2D eigenvalue weighted by Crippen LogP contribution is -2.61. The van der Waals surface area contributed by atoms with Gasteiger partial charge in [0.2, 0.25) is 5.91 Å². The molecule has 1 fully saturated rings. The summed E-state index contributed by atoms with van der Waals surface area (Å²) in [5.74, 6) is -1.19. The molecule has 6 N–H and O–H groups in total. The second-order valence-electron chi connectivity index (χ2n) is 26.4.